The summed E-state index contributed by atoms with van der Waals surface area (Å²) in [5.41, 5.74) is -0.647. The minimum absolute atomic E-state index is 0.0421. The van der Waals surface area contributed by atoms with Gasteiger partial charge in [0.25, 0.3) is 0 Å². The van der Waals surface area contributed by atoms with E-state index in [0.717, 1.165) is 0 Å². The summed E-state index contributed by atoms with van der Waals surface area (Å²) < 4.78 is 15.8. The Hall–Kier alpha value is -0.780. The number of hydrogen-bond acceptors (Lipinski definition) is 5. The van der Waals surface area contributed by atoms with Crippen molar-refractivity contribution in [2.24, 2.45) is 5.41 Å². The van der Waals surface area contributed by atoms with Crippen molar-refractivity contribution >= 4 is 35.1 Å². The van der Waals surface area contributed by atoms with Crippen molar-refractivity contribution in [3.63, 3.8) is 0 Å². The SMILES string of the molecule is C=CCOCC(CC)(COC(=O)C(C)Cl)COC(=O)C(C)Cl. The molecule has 0 aromatic rings. The Kier molecular flexibility index (Phi) is 10.5. The van der Waals surface area contributed by atoms with Crippen LogP contribution in [0, 0.1) is 5.41 Å². The van der Waals surface area contributed by atoms with Gasteiger partial charge in [-0.2, -0.15) is 0 Å². The standard InChI is InChI=1S/C15H24Cl2O5/c1-5-7-20-8-15(6-2,9-21-13(18)11(3)16)10-22-14(19)12(4)17/h5,11-12H,1,6-10H2,2-4H3. The van der Waals surface area contributed by atoms with E-state index in [2.05, 4.69) is 6.58 Å². The molecule has 2 unspecified atom stereocenters. The maximum absolute atomic E-state index is 11.5. The molecule has 0 aromatic carbocycles. The van der Waals surface area contributed by atoms with Crippen molar-refractivity contribution in [1.29, 1.82) is 0 Å². The molecule has 0 saturated heterocycles. The van der Waals surface area contributed by atoms with Crippen LogP contribution in [0.3, 0.4) is 0 Å². The fourth-order valence-electron chi connectivity index (χ4n) is 1.47. The summed E-state index contributed by atoms with van der Waals surface area (Å²) in [6.07, 6.45) is 2.19. The van der Waals surface area contributed by atoms with Gasteiger partial charge >= 0.3 is 11.9 Å². The van der Waals surface area contributed by atoms with Crippen molar-refractivity contribution < 1.29 is 23.8 Å². The van der Waals surface area contributed by atoms with Crippen LogP contribution in [0.15, 0.2) is 12.7 Å². The third-order valence-corrected chi connectivity index (χ3v) is 3.44. The Bertz CT molecular complexity index is 345. The predicted molar refractivity (Wildman–Crippen MR) is 86.3 cm³/mol. The summed E-state index contributed by atoms with van der Waals surface area (Å²) in [7, 11) is 0. The van der Waals surface area contributed by atoms with Crippen molar-refractivity contribution in [3.8, 4) is 0 Å². The highest BCUT2D eigenvalue weighted by Crippen LogP contribution is 2.25. The molecule has 0 N–H and O–H groups in total. The largest absolute Gasteiger partial charge is 0.464 e. The molecule has 0 rings (SSSR count). The highest BCUT2D eigenvalue weighted by atomic mass is 35.5. The molecule has 0 aliphatic heterocycles. The molecular weight excluding hydrogens is 331 g/mol. The van der Waals surface area contributed by atoms with Gasteiger partial charge in [0.15, 0.2) is 0 Å². The lowest BCUT2D eigenvalue weighted by molar-refractivity contribution is -0.156. The van der Waals surface area contributed by atoms with Crippen molar-refractivity contribution in [1.82, 2.24) is 0 Å². The van der Waals surface area contributed by atoms with E-state index in [1.54, 1.807) is 6.08 Å². The number of carbonyl (C=O) groups excluding carboxylic acids is 2. The quantitative estimate of drug-likeness (QED) is 0.247. The third kappa shape index (κ3) is 8.01. The lowest BCUT2D eigenvalue weighted by atomic mass is 9.88. The average molecular weight is 355 g/mol. The van der Waals surface area contributed by atoms with Gasteiger partial charge in [0, 0.05) is 0 Å². The van der Waals surface area contributed by atoms with Crippen molar-refractivity contribution in [2.45, 2.75) is 37.9 Å². The van der Waals surface area contributed by atoms with Crippen LogP contribution in [-0.4, -0.2) is 49.1 Å². The lowest BCUT2D eigenvalue weighted by Gasteiger charge is -2.31. The maximum atomic E-state index is 11.5. The normalized spacial score (nSPS) is 16.2. The van der Waals surface area contributed by atoms with Gasteiger partial charge in [0.05, 0.1) is 18.6 Å². The molecule has 7 heteroatoms. The fourth-order valence-corrected chi connectivity index (χ4v) is 1.59. The molecule has 0 fully saturated rings. The van der Waals surface area contributed by atoms with Gasteiger partial charge in [-0.15, -0.1) is 29.8 Å². The van der Waals surface area contributed by atoms with Crippen molar-refractivity contribution in [3.05, 3.63) is 12.7 Å². The summed E-state index contributed by atoms with van der Waals surface area (Å²) in [5, 5.41) is -1.48. The summed E-state index contributed by atoms with van der Waals surface area (Å²) in [4.78, 5) is 23.1. The van der Waals surface area contributed by atoms with Gasteiger partial charge < -0.3 is 14.2 Å². The maximum Gasteiger partial charge on any atom is 0.323 e. The van der Waals surface area contributed by atoms with E-state index in [-0.39, 0.29) is 19.8 Å². The zero-order valence-corrected chi connectivity index (χ0v) is 14.8. The molecule has 0 spiro atoms. The molecule has 22 heavy (non-hydrogen) atoms. The van der Waals surface area contributed by atoms with Gasteiger partial charge in [0.1, 0.15) is 24.0 Å². The van der Waals surface area contributed by atoms with Crippen LogP contribution in [0.1, 0.15) is 27.2 Å². The van der Waals surface area contributed by atoms with E-state index in [1.165, 1.54) is 13.8 Å². The fraction of sp³-hybridized carbons (Fsp3) is 0.733. The van der Waals surface area contributed by atoms with Gasteiger partial charge in [-0.05, 0) is 20.3 Å². The first-order valence-electron chi connectivity index (χ1n) is 7.08. The molecular formula is C15H24Cl2O5. The summed E-state index contributed by atoms with van der Waals surface area (Å²) in [5.74, 6) is -1.06. The molecule has 0 amide bonds. The molecule has 0 saturated carbocycles. The molecule has 0 aliphatic carbocycles. The van der Waals surface area contributed by atoms with E-state index in [1.807, 2.05) is 6.92 Å². The van der Waals surface area contributed by atoms with Crippen LogP contribution in [-0.2, 0) is 23.8 Å². The topological polar surface area (TPSA) is 61.8 Å². The molecule has 0 aliphatic rings. The van der Waals surface area contributed by atoms with E-state index in [4.69, 9.17) is 37.4 Å². The van der Waals surface area contributed by atoms with Crippen LogP contribution < -0.4 is 0 Å². The Labute approximate surface area is 141 Å². The first-order valence-corrected chi connectivity index (χ1v) is 7.95. The van der Waals surface area contributed by atoms with Crippen molar-refractivity contribution in [2.75, 3.05) is 26.4 Å². The Morgan fingerprint density at radius 3 is 1.86 bits per heavy atom. The second-order valence-corrected chi connectivity index (χ2v) is 6.41. The number of esters is 2. The zero-order chi connectivity index (χ0) is 17.2. The molecule has 0 aromatic heterocycles. The molecule has 0 heterocycles. The van der Waals surface area contributed by atoms with Crippen LogP contribution in [0.5, 0.6) is 0 Å². The summed E-state index contributed by atoms with van der Waals surface area (Å²) in [6.45, 7) is 9.21. The predicted octanol–water partition coefficient (Wildman–Crippen LogP) is 2.93. The monoisotopic (exact) mass is 354 g/mol. The van der Waals surface area contributed by atoms with Crippen LogP contribution in [0.2, 0.25) is 0 Å². The first kappa shape index (κ1) is 21.2. The Balaban J connectivity index is 4.79. The molecule has 0 radical (unpaired) electrons. The number of alkyl halides is 2. The van der Waals surface area contributed by atoms with Crippen LogP contribution in [0.4, 0.5) is 0 Å². The summed E-state index contributed by atoms with van der Waals surface area (Å²) >= 11 is 11.3. The van der Waals surface area contributed by atoms with Gasteiger partial charge in [0.2, 0.25) is 0 Å². The Morgan fingerprint density at radius 2 is 1.55 bits per heavy atom. The van der Waals surface area contributed by atoms with E-state index < -0.39 is 28.1 Å². The number of hydrogen-bond donors (Lipinski definition) is 0. The highest BCUT2D eigenvalue weighted by Gasteiger charge is 2.33. The molecule has 0 bridgehead atoms. The number of rotatable bonds is 11. The minimum Gasteiger partial charge on any atom is -0.464 e. The number of halogens is 2. The van der Waals surface area contributed by atoms with Crippen LogP contribution >= 0.6 is 23.2 Å². The average Bonchev–Trinajstić information content (AvgIpc) is 2.48. The number of ether oxygens (including phenoxy) is 3. The van der Waals surface area contributed by atoms with E-state index in [0.29, 0.717) is 13.0 Å². The second-order valence-electron chi connectivity index (χ2n) is 5.10. The molecule has 2 atom stereocenters. The van der Waals surface area contributed by atoms with E-state index in [9.17, 15) is 9.59 Å². The molecule has 5 nitrogen and oxygen atoms in total. The second kappa shape index (κ2) is 10.9. The highest BCUT2D eigenvalue weighted by molar-refractivity contribution is 6.29. The van der Waals surface area contributed by atoms with Gasteiger partial charge in [-0.3, -0.25) is 9.59 Å². The summed E-state index contributed by atoms with van der Waals surface area (Å²) in [6, 6.07) is 0. The molecule has 128 valence electrons. The zero-order valence-electron chi connectivity index (χ0n) is 13.3. The first-order chi connectivity index (χ1) is 10.3. The lowest BCUT2D eigenvalue weighted by Crippen LogP contribution is -2.39. The smallest absolute Gasteiger partial charge is 0.323 e. The Morgan fingerprint density at radius 1 is 1.09 bits per heavy atom. The third-order valence-electron chi connectivity index (χ3n) is 3.08. The van der Waals surface area contributed by atoms with Gasteiger partial charge in [-0.25, -0.2) is 0 Å². The van der Waals surface area contributed by atoms with Crippen LogP contribution in [0.25, 0.3) is 0 Å². The number of carbonyl (C=O) groups is 2. The van der Waals surface area contributed by atoms with Gasteiger partial charge in [-0.1, -0.05) is 13.0 Å². The van der Waals surface area contributed by atoms with E-state index >= 15 is 0 Å². The minimum atomic E-state index is -0.742.